The molecule has 0 radical (unpaired) electrons. The summed E-state index contributed by atoms with van der Waals surface area (Å²) in [4.78, 5) is 12.0. The molecule has 0 saturated heterocycles. The summed E-state index contributed by atoms with van der Waals surface area (Å²) in [6, 6.07) is 7.00. The van der Waals surface area contributed by atoms with Gasteiger partial charge in [-0.3, -0.25) is 9.00 Å². The molecule has 0 heterocycles. The molecule has 3 N–H and O–H groups in total. The predicted octanol–water partition coefficient (Wildman–Crippen LogP) is 0.973. The first-order valence-electron chi connectivity index (χ1n) is 6.51. The highest BCUT2D eigenvalue weighted by Gasteiger charge is 2.11. The molecule has 0 fully saturated rings. The second-order valence-corrected chi connectivity index (χ2v) is 6.68. The number of benzene rings is 1. The summed E-state index contributed by atoms with van der Waals surface area (Å²) < 4.78 is 16.4. The van der Waals surface area contributed by atoms with Gasteiger partial charge in [0, 0.05) is 28.9 Å². The van der Waals surface area contributed by atoms with E-state index >= 15 is 0 Å². The van der Waals surface area contributed by atoms with Crippen molar-refractivity contribution in [3.05, 3.63) is 29.8 Å². The monoisotopic (exact) mass is 328 g/mol. The molecular weight excluding hydrogens is 308 g/mol. The summed E-state index contributed by atoms with van der Waals surface area (Å²) in [6.07, 6.45) is 2.31. The number of hydrogen-bond donors (Lipinski definition) is 2. The van der Waals surface area contributed by atoms with Gasteiger partial charge in [-0.25, -0.2) is 0 Å². The number of para-hydroxylation sites is 1. The number of rotatable bonds is 8. The second kappa shape index (κ2) is 8.74. The highest BCUT2D eigenvalue weighted by molar-refractivity contribution is 7.84. The van der Waals surface area contributed by atoms with Gasteiger partial charge in [0.15, 0.2) is 6.61 Å². The summed E-state index contributed by atoms with van der Waals surface area (Å²) in [7, 11) is -0.854. The van der Waals surface area contributed by atoms with Crippen molar-refractivity contribution in [2.24, 2.45) is 5.73 Å². The van der Waals surface area contributed by atoms with Crippen LogP contribution in [-0.2, 0) is 15.6 Å². The van der Waals surface area contributed by atoms with Crippen LogP contribution in [0.5, 0.6) is 5.75 Å². The maximum absolute atomic E-state index is 11.8. The average molecular weight is 328 g/mol. The SMILES string of the molecule is CC(CCS(C)=O)NC(=O)COc1ccccc1C(N)=S. The maximum atomic E-state index is 11.8. The van der Waals surface area contributed by atoms with E-state index in [1.54, 1.807) is 30.5 Å². The van der Waals surface area contributed by atoms with Crippen LogP contribution in [-0.4, -0.2) is 39.8 Å². The van der Waals surface area contributed by atoms with Crippen molar-refractivity contribution >= 4 is 33.9 Å². The second-order valence-electron chi connectivity index (χ2n) is 4.68. The van der Waals surface area contributed by atoms with Gasteiger partial charge in [0.1, 0.15) is 10.7 Å². The Bertz CT molecular complexity index is 535. The molecule has 2 atom stereocenters. The number of nitrogens with two attached hydrogens (primary N) is 1. The van der Waals surface area contributed by atoms with E-state index < -0.39 is 10.8 Å². The molecule has 1 amide bonds. The molecule has 0 aromatic heterocycles. The Hall–Kier alpha value is -1.47. The Balaban J connectivity index is 2.46. The third-order valence-corrected chi connectivity index (χ3v) is 3.79. The molecule has 1 aromatic rings. The Morgan fingerprint density at radius 1 is 1.48 bits per heavy atom. The van der Waals surface area contributed by atoms with Gasteiger partial charge in [-0.05, 0) is 25.5 Å². The molecule has 21 heavy (non-hydrogen) atoms. The Morgan fingerprint density at radius 2 is 2.14 bits per heavy atom. The van der Waals surface area contributed by atoms with Crippen LogP contribution in [0, 0.1) is 0 Å². The zero-order chi connectivity index (χ0) is 15.8. The molecule has 0 aliphatic carbocycles. The fourth-order valence-electron chi connectivity index (χ4n) is 1.67. The van der Waals surface area contributed by atoms with E-state index in [-0.39, 0.29) is 23.5 Å². The molecule has 1 rings (SSSR count). The van der Waals surface area contributed by atoms with Gasteiger partial charge < -0.3 is 15.8 Å². The molecule has 0 aliphatic rings. The number of ether oxygens (including phenoxy) is 1. The normalized spacial score (nSPS) is 13.2. The highest BCUT2D eigenvalue weighted by atomic mass is 32.2. The van der Waals surface area contributed by atoms with Crippen molar-refractivity contribution in [2.45, 2.75) is 19.4 Å². The van der Waals surface area contributed by atoms with Gasteiger partial charge in [0.25, 0.3) is 5.91 Å². The van der Waals surface area contributed by atoms with Crippen molar-refractivity contribution in [3.63, 3.8) is 0 Å². The van der Waals surface area contributed by atoms with Crippen LogP contribution in [0.1, 0.15) is 18.9 Å². The Kier molecular flexibility index (Phi) is 7.31. The van der Waals surface area contributed by atoms with E-state index in [0.29, 0.717) is 23.5 Å². The van der Waals surface area contributed by atoms with Crippen molar-refractivity contribution in [2.75, 3.05) is 18.6 Å². The molecule has 0 aliphatic heterocycles. The molecule has 1 aromatic carbocycles. The topological polar surface area (TPSA) is 81.4 Å². The van der Waals surface area contributed by atoms with Crippen LogP contribution in [0.15, 0.2) is 24.3 Å². The first-order valence-corrected chi connectivity index (χ1v) is 8.64. The van der Waals surface area contributed by atoms with E-state index in [0.717, 1.165) is 0 Å². The molecule has 116 valence electrons. The first kappa shape index (κ1) is 17.6. The minimum Gasteiger partial charge on any atom is -0.483 e. The zero-order valence-electron chi connectivity index (χ0n) is 12.1. The number of thiocarbonyl (C=S) groups is 1. The summed E-state index contributed by atoms with van der Waals surface area (Å²) in [6.45, 7) is 1.76. The van der Waals surface area contributed by atoms with E-state index in [2.05, 4.69) is 5.32 Å². The molecule has 7 heteroatoms. The lowest BCUT2D eigenvalue weighted by atomic mass is 10.2. The summed E-state index contributed by atoms with van der Waals surface area (Å²) >= 11 is 4.93. The third-order valence-electron chi connectivity index (χ3n) is 2.76. The molecule has 0 saturated carbocycles. The number of nitrogens with one attached hydrogen (secondary N) is 1. The van der Waals surface area contributed by atoms with Gasteiger partial charge in [-0.1, -0.05) is 24.4 Å². The first-order chi connectivity index (χ1) is 9.90. The lowest BCUT2D eigenvalue weighted by molar-refractivity contribution is -0.123. The van der Waals surface area contributed by atoms with E-state index in [4.69, 9.17) is 22.7 Å². The Morgan fingerprint density at radius 3 is 2.76 bits per heavy atom. The van der Waals surface area contributed by atoms with Crippen molar-refractivity contribution < 1.29 is 13.7 Å². The number of carbonyl (C=O) groups is 1. The van der Waals surface area contributed by atoms with E-state index in [1.807, 2.05) is 6.92 Å². The van der Waals surface area contributed by atoms with Crippen LogP contribution in [0.25, 0.3) is 0 Å². The van der Waals surface area contributed by atoms with Crippen LogP contribution in [0.2, 0.25) is 0 Å². The Labute approximate surface area is 132 Å². The minimum atomic E-state index is -0.854. The average Bonchev–Trinajstić information content (AvgIpc) is 2.43. The van der Waals surface area contributed by atoms with Gasteiger partial charge in [0.2, 0.25) is 0 Å². The number of hydrogen-bond acceptors (Lipinski definition) is 4. The lowest BCUT2D eigenvalue weighted by Crippen LogP contribution is -2.37. The van der Waals surface area contributed by atoms with Gasteiger partial charge in [-0.2, -0.15) is 0 Å². The van der Waals surface area contributed by atoms with Crippen LogP contribution >= 0.6 is 12.2 Å². The third kappa shape index (κ3) is 6.68. The van der Waals surface area contributed by atoms with Gasteiger partial charge >= 0.3 is 0 Å². The van der Waals surface area contributed by atoms with Crippen LogP contribution in [0.3, 0.4) is 0 Å². The fraction of sp³-hybridized carbons (Fsp3) is 0.429. The standard InChI is InChI=1S/C14H20N2O3S2/c1-10(7-8-21(2)18)16-13(17)9-19-12-6-4-3-5-11(12)14(15)20/h3-6,10H,7-9H2,1-2H3,(H2,15,20)(H,16,17). The fourth-order valence-corrected chi connectivity index (χ4v) is 2.52. The summed E-state index contributed by atoms with van der Waals surface area (Å²) in [5.74, 6) is 0.816. The highest BCUT2D eigenvalue weighted by Crippen LogP contribution is 2.17. The minimum absolute atomic E-state index is 0.0455. The molecule has 0 spiro atoms. The quantitative estimate of drug-likeness (QED) is 0.695. The van der Waals surface area contributed by atoms with Crippen LogP contribution in [0.4, 0.5) is 0 Å². The van der Waals surface area contributed by atoms with Crippen molar-refractivity contribution in [1.29, 1.82) is 0 Å². The predicted molar refractivity (Wildman–Crippen MR) is 89.0 cm³/mol. The largest absolute Gasteiger partial charge is 0.483 e. The maximum Gasteiger partial charge on any atom is 0.258 e. The van der Waals surface area contributed by atoms with E-state index in [9.17, 15) is 9.00 Å². The lowest BCUT2D eigenvalue weighted by Gasteiger charge is -2.14. The number of carbonyl (C=O) groups excluding carboxylic acids is 1. The van der Waals surface area contributed by atoms with E-state index in [1.165, 1.54) is 0 Å². The molecule has 0 bridgehead atoms. The van der Waals surface area contributed by atoms with Crippen LogP contribution < -0.4 is 15.8 Å². The number of amides is 1. The molecular formula is C14H20N2O3S2. The molecule has 5 nitrogen and oxygen atoms in total. The summed E-state index contributed by atoms with van der Waals surface area (Å²) in [5, 5.41) is 2.79. The molecule has 2 unspecified atom stereocenters. The van der Waals surface area contributed by atoms with Crippen molar-refractivity contribution in [3.8, 4) is 5.75 Å². The van der Waals surface area contributed by atoms with Gasteiger partial charge in [0.05, 0.1) is 5.56 Å². The summed E-state index contributed by atoms with van der Waals surface area (Å²) in [5.41, 5.74) is 6.20. The van der Waals surface area contributed by atoms with Gasteiger partial charge in [-0.15, -0.1) is 0 Å². The zero-order valence-corrected chi connectivity index (χ0v) is 13.8. The smallest absolute Gasteiger partial charge is 0.258 e. The van der Waals surface area contributed by atoms with Crippen molar-refractivity contribution in [1.82, 2.24) is 5.32 Å².